The van der Waals surface area contributed by atoms with E-state index in [-0.39, 0.29) is 17.4 Å². The third kappa shape index (κ3) is 2.14. The van der Waals surface area contributed by atoms with Crippen LogP contribution in [-0.4, -0.2) is 23.3 Å². The van der Waals surface area contributed by atoms with Crippen LogP contribution in [0.2, 0.25) is 0 Å². The molecule has 3 N–H and O–H groups in total. The fourth-order valence-corrected chi connectivity index (χ4v) is 3.11. The Morgan fingerprint density at radius 2 is 1.90 bits per heavy atom. The smallest absolute Gasteiger partial charge is 0.160 e. The van der Waals surface area contributed by atoms with Crippen LogP contribution in [0, 0.1) is 6.92 Å². The molecule has 3 rings (SSSR count). The molecule has 3 nitrogen and oxygen atoms in total. The van der Waals surface area contributed by atoms with E-state index in [1.54, 1.807) is 6.07 Å². The van der Waals surface area contributed by atoms with Crippen LogP contribution in [0.5, 0.6) is 11.5 Å². The SMILES string of the molecule is Cc1c(O)c(O)cc2c1C(c1ccccc1)CNCC2. The summed E-state index contributed by atoms with van der Waals surface area (Å²) in [6.45, 7) is 3.62. The standard InChI is InChI=1S/C17H19NO2/c1-11-16-13(9-15(19)17(11)20)7-8-18-10-14(16)12-5-3-2-4-6-12/h2-6,9,14,18-20H,7-8,10H2,1H3. The fourth-order valence-electron chi connectivity index (χ4n) is 3.11. The zero-order valence-electron chi connectivity index (χ0n) is 11.6. The number of aromatic hydroxyl groups is 2. The first-order chi connectivity index (χ1) is 9.68. The molecule has 0 aliphatic carbocycles. The highest BCUT2D eigenvalue weighted by Gasteiger charge is 2.24. The van der Waals surface area contributed by atoms with Crippen molar-refractivity contribution < 1.29 is 10.2 Å². The number of nitrogens with one attached hydrogen (secondary N) is 1. The molecule has 0 fully saturated rings. The number of hydrogen-bond donors (Lipinski definition) is 3. The van der Waals surface area contributed by atoms with Crippen LogP contribution in [0.25, 0.3) is 0 Å². The average molecular weight is 269 g/mol. The molecule has 0 radical (unpaired) electrons. The Bertz CT molecular complexity index is 623. The van der Waals surface area contributed by atoms with Gasteiger partial charge in [0, 0.05) is 12.5 Å². The van der Waals surface area contributed by atoms with E-state index in [0.29, 0.717) is 0 Å². The van der Waals surface area contributed by atoms with Crippen molar-refractivity contribution in [3.05, 3.63) is 58.7 Å². The van der Waals surface area contributed by atoms with E-state index < -0.39 is 0 Å². The molecular formula is C17H19NO2. The predicted octanol–water partition coefficient (Wildman–Crippen LogP) is 2.68. The Labute approximate surface area is 118 Å². The monoisotopic (exact) mass is 269 g/mol. The first-order valence-corrected chi connectivity index (χ1v) is 6.98. The summed E-state index contributed by atoms with van der Waals surface area (Å²) in [4.78, 5) is 0. The Morgan fingerprint density at radius 3 is 2.65 bits per heavy atom. The lowest BCUT2D eigenvalue weighted by molar-refractivity contribution is 0.399. The minimum absolute atomic E-state index is 0.00609. The minimum atomic E-state index is -0.0186. The first-order valence-electron chi connectivity index (χ1n) is 6.98. The summed E-state index contributed by atoms with van der Waals surface area (Å²) in [6, 6.07) is 12.0. The molecule has 0 amide bonds. The lowest BCUT2D eigenvalue weighted by Crippen LogP contribution is -2.21. The molecule has 1 atom stereocenters. The van der Waals surface area contributed by atoms with Crippen molar-refractivity contribution in [3.8, 4) is 11.5 Å². The normalized spacial score (nSPS) is 18.4. The molecule has 0 aromatic heterocycles. The largest absolute Gasteiger partial charge is 0.504 e. The van der Waals surface area contributed by atoms with Crippen molar-refractivity contribution in [1.82, 2.24) is 5.32 Å². The van der Waals surface area contributed by atoms with E-state index >= 15 is 0 Å². The van der Waals surface area contributed by atoms with E-state index in [1.807, 2.05) is 25.1 Å². The van der Waals surface area contributed by atoms with Crippen molar-refractivity contribution in [3.63, 3.8) is 0 Å². The van der Waals surface area contributed by atoms with Gasteiger partial charge >= 0.3 is 0 Å². The molecule has 0 bridgehead atoms. The van der Waals surface area contributed by atoms with E-state index in [0.717, 1.165) is 36.2 Å². The summed E-state index contributed by atoms with van der Waals surface area (Å²) >= 11 is 0. The Hall–Kier alpha value is -2.00. The van der Waals surface area contributed by atoms with Crippen molar-refractivity contribution in [2.75, 3.05) is 13.1 Å². The third-order valence-electron chi connectivity index (χ3n) is 4.13. The molecule has 20 heavy (non-hydrogen) atoms. The Kier molecular flexibility index (Phi) is 3.36. The van der Waals surface area contributed by atoms with Gasteiger partial charge in [-0.25, -0.2) is 0 Å². The molecule has 1 heterocycles. The second kappa shape index (κ2) is 5.17. The summed E-state index contributed by atoms with van der Waals surface area (Å²) in [6.07, 6.45) is 0.868. The van der Waals surface area contributed by atoms with Gasteiger partial charge in [0.2, 0.25) is 0 Å². The van der Waals surface area contributed by atoms with Crippen molar-refractivity contribution >= 4 is 0 Å². The van der Waals surface area contributed by atoms with Gasteiger partial charge in [-0.1, -0.05) is 30.3 Å². The number of rotatable bonds is 1. The van der Waals surface area contributed by atoms with Crippen LogP contribution in [0.4, 0.5) is 0 Å². The summed E-state index contributed by atoms with van der Waals surface area (Å²) < 4.78 is 0. The zero-order valence-corrected chi connectivity index (χ0v) is 11.6. The highest BCUT2D eigenvalue weighted by atomic mass is 16.3. The first kappa shape index (κ1) is 13.0. The average Bonchev–Trinajstić information content (AvgIpc) is 2.68. The van der Waals surface area contributed by atoms with Crippen molar-refractivity contribution in [1.29, 1.82) is 0 Å². The fraction of sp³-hybridized carbons (Fsp3) is 0.294. The maximum atomic E-state index is 10.0. The summed E-state index contributed by atoms with van der Waals surface area (Å²) in [5.41, 5.74) is 4.29. The quantitative estimate of drug-likeness (QED) is 0.698. The molecule has 2 aromatic rings. The summed E-state index contributed by atoms with van der Waals surface area (Å²) in [5, 5.41) is 23.3. The number of fused-ring (bicyclic) bond motifs is 1. The van der Waals surface area contributed by atoms with Gasteiger partial charge in [-0.05, 0) is 48.2 Å². The van der Waals surface area contributed by atoms with Crippen LogP contribution >= 0.6 is 0 Å². The van der Waals surface area contributed by atoms with Gasteiger partial charge in [0.15, 0.2) is 11.5 Å². The second-order valence-corrected chi connectivity index (χ2v) is 5.36. The van der Waals surface area contributed by atoms with Gasteiger partial charge in [-0.15, -0.1) is 0 Å². The van der Waals surface area contributed by atoms with Gasteiger partial charge in [-0.2, -0.15) is 0 Å². The molecule has 2 aromatic carbocycles. The lowest BCUT2D eigenvalue weighted by Gasteiger charge is -2.21. The van der Waals surface area contributed by atoms with Gasteiger partial charge in [0.25, 0.3) is 0 Å². The molecule has 3 heteroatoms. The molecule has 1 aliphatic heterocycles. The predicted molar refractivity (Wildman–Crippen MR) is 79.4 cm³/mol. The van der Waals surface area contributed by atoms with Crippen molar-refractivity contribution in [2.24, 2.45) is 0 Å². The maximum absolute atomic E-state index is 10.0. The topological polar surface area (TPSA) is 52.5 Å². The lowest BCUT2D eigenvalue weighted by atomic mass is 9.84. The van der Waals surface area contributed by atoms with Gasteiger partial charge in [0.1, 0.15) is 0 Å². The number of phenols is 2. The zero-order chi connectivity index (χ0) is 14.1. The molecule has 104 valence electrons. The van der Waals surface area contributed by atoms with E-state index in [4.69, 9.17) is 0 Å². The highest BCUT2D eigenvalue weighted by molar-refractivity contribution is 5.56. The second-order valence-electron chi connectivity index (χ2n) is 5.36. The molecule has 1 unspecified atom stereocenters. The molecule has 0 saturated heterocycles. The summed E-state index contributed by atoms with van der Waals surface area (Å²) in [5.74, 6) is 0.196. The van der Waals surface area contributed by atoms with Crippen LogP contribution in [0.1, 0.15) is 28.2 Å². The van der Waals surface area contributed by atoms with Gasteiger partial charge in [0.05, 0.1) is 0 Å². The van der Waals surface area contributed by atoms with E-state index in [9.17, 15) is 10.2 Å². The third-order valence-corrected chi connectivity index (χ3v) is 4.13. The van der Waals surface area contributed by atoms with Crippen LogP contribution < -0.4 is 5.32 Å². The minimum Gasteiger partial charge on any atom is -0.504 e. The number of phenolic OH excluding ortho intramolecular Hbond substituents is 2. The molecule has 0 spiro atoms. The van der Waals surface area contributed by atoms with E-state index in [1.165, 1.54) is 5.56 Å². The van der Waals surface area contributed by atoms with Crippen LogP contribution in [0.15, 0.2) is 36.4 Å². The van der Waals surface area contributed by atoms with Gasteiger partial charge in [-0.3, -0.25) is 0 Å². The van der Waals surface area contributed by atoms with Gasteiger partial charge < -0.3 is 15.5 Å². The van der Waals surface area contributed by atoms with Crippen molar-refractivity contribution in [2.45, 2.75) is 19.3 Å². The molecule has 1 aliphatic rings. The highest BCUT2D eigenvalue weighted by Crippen LogP contribution is 2.40. The molecule has 0 saturated carbocycles. The Balaban J connectivity index is 2.19. The molecular weight excluding hydrogens is 250 g/mol. The Morgan fingerprint density at radius 1 is 1.15 bits per heavy atom. The van der Waals surface area contributed by atoms with Crippen LogP contribution in [-0.2, 0) is 6.42 Å². The van der Waals surface area contributed by atoms with E-state index in [2.05, 4.69) is 17.4 Å². The number of hydrogen-bond acceptors (Lipinski definition) is 3. The van der Waals surface area contributed by atoms with Crippen LogP contribution in [0.3, 0.4) is 0 Å². The maximum Gasteiger partial charge on any atom is 0.160 e. The summed E-state index contributed by atoms with van der Waals surface area (Å²) in [7, 11) is 0. The number of benzene rings is 2.